The fraction of sp³-hybridized carbons (Fsp3) is 0.455. The monoisotopic (exact) mass is 540 g/mol. The molecule has 0 spiro atoms. The second-order valence-corrected chi connectivity index (χ2v) is 7.15. The van der Waals surface area contributed by atoms with Crippen LogP contribution in [0.2, 0.25) is 0 Å². The molecular weight excluding hydrogens is 507 g/mol. The summed E-state index contributed by atoms with van der Waals surface area (Å²) in [4.78, 5) is 13.6. The van der Waals surface area contributed by atoms with Crippen LogP contribution in [0.5, 0.6) is 11.5 Å². The predicted molar refractivity (Wildman–Crippen MR) is 136 cm³/mol. The second-order valence-electron chi connectivity index (χ2n) is 7.15. The van der Waals surface area contributed by atoms with E-state index in [0.29, 0.717) is 19.7 Å². The number of rotatable bonds is 8. The number of halogens is 1. The molecular formula is C22H33IN6O2. The molecule has 3 rings (SSSR count). The third-order valence-corrected chi connectivity index (χ3v) is 5.06. The van der Waals surface area contributed by atoms with Crippen LogP contribution >= 0.6 is 24.0 Å². The number of aliphatic imine (C=N–C) groups is 1. The zero-order valence-corrected chi connectivity index (χ0v) is 20.8. The van der Waals surface area contributed by atoms with Gasteiger partial charge >= 0.3 is 0 Å². The lowest BCUT2D eigenvalue weighted by atomic mass is 10.2. The van der Waals surface area contributed by atoms with E-state index in [1.807, 2.05) is 36.5 Å². The highest BCUT2D eigenvalue weighted by Gasteiger charge is 2.17. The van der Waals surface area contributed by atoms with Gasteiger partial charge in [-0.2, -0.15) is 0 Å². The van der Waals surface area contributed by atoms with Crippen LogP contribution in [-0.2, 0) is 6.54 Å². The number of benzene rings is 1. The summed E-state index contributed by atoms with van der Waals surface area (Å²) in [6.45, 7) is 5.94. The summed E-state index contributed by atoms with van der Waals surface area (Å²) in [6.07, 6.45) is 1.86. The zero-order valence-electron chi connectivity index (χ0n) is 18.5. The molecule has 0 amide bonds. The Morgan fingerprint density at radius 3 is 2.45 bits per heavy atom. The molecule has 1 aromatic carbocycles. The number of nitrogens with one attached hydrogen (secondary N) is 2. The number of aromatic nitrogens is 1. The lowest BCUT2D eigenvalue weighted by Gasteiger charge is -2.34. The predicted octanol–water partition coefficient (Wildman–Crippen LogP) is 2.20. The molecule has 31 heavy (non-hydrogen) atoms. The highest BCUT2D eigenvalue weighted by atomic mass is 127. The number of nitrogens with zero attached hydrogens (tertiary/aromatic N) is 4. The fourth-order valence-corrected chi connectivity index (χ4v) is 3.28. The summed E-state index contributed by atoms with van der Waals surface area (Å²) in [5.74, 6) is 3.42. The Hall–Kier alpha value is -2.27. The quantitative estimate of drug-likeness (QED) is 0.230. The van der Waals surface area contributed by atoms with Gasteiger partial charge in [-0.05, 0) is 37.4 Å². The summed E-state index contributed by atoms with van der Waals surface area (Å²) in [6, 6.07) is 11.7. The molecule has 0 aliphatic carbocycles. The first kappa shape index (κ1) is 25.0. The maximum Gasteiger partial charge on any atom is 0.191 e. The highest BCUT2D eigenvalue weighted by Crippen LogP contribution is 2.19. The average molecular weight is 540 g/mol. The van der Waals surface area contributed by atoms with Gasteiger partial charge in [0.15, 0.2) is 5.96 Å². The van der Waals surface area contributed by atoms with E-state index in [4.69, 9.17) is 9.47 Å². The molecule has 1 aliphatic rings. The Bertz CT molecular complexity index is 810. The van der Waals surface area contributed by atoms with Crippen molar-refractivity contribution in [3.05, 3.63) is 48.2 Å². The lowest BCUT2D eigenvalue weighted by Crippen LogP contribution is -2.45. The highest BCUT2D eigenvalue weighted by molar-refractivity contribution is 14.0. The molecule has 170 valence electrons. The van der Waals surface area contributed by atoms with Crippen molar-refractivity contribution in [2.45, 2.75) is 6.54 Å². The third kappa shape index (κ3) is 7.73. The van der Waals surface area contributed by atoms with E-state index >= 15 is 0 Å². The molecule has 0 bridgehead atoms. The first-order chi connectivity index (χ1) is 14.7. The molecule has 8 nitrogen and oxygen atoms in total. The number of methoxy groups -OCH3 is 1. The summed E-state index contributed by atoms with van der Waals surface area (Å²) in [5.41, 5.74) is 1.17. The Labute approximate surface area is 202 Å². The number of likely N-dealkylation sites (N-methyl/N-ethyl adjacent to an activating group) is 1. The minimum absolute atomic E-state index is 0. The van der Waals surface area contributed by atoms with E-state index in [1.165, 1.54) is 5.56 Å². The van der Waals surface area contributed by atoms with Crippen LogP contribution in [0.3, 0.4) is 0 Å². The van der Waals surface area contributed by atoms with Crippen LogP contribution in [0.15, 0.2) is 47.6 Å². The summed E-state index contributed by atoms with van der Waals surface area (Å²) < 4.78 is 10.9. The van der Waals surface area contributed by atoms with E-state index in [9.17, 15) is 0 Å². The van der Waals surface area contributed by atoms with Gasteiger partial charge in [0, 0.05) is 51.5 Å². The van der Waals surface area contributed by atoms with Crippen molar-refractivity contribution in [1.82, 2.24) is 20.5 Å². The minimum Gasteiger partial charge on any atom is -0.497 e. The van der Waals surface area contributed by atoms with Crippen molar-refractivity contribution in [2.75, 3.05) is 65.4 Å². The number of ether oxygens (including phenoxy) is 2. The van der Waals surface area contributed by atoms with Crippen molar-refractivity contribution in [2.24, 2.45) is 4.99 Å². The topological polar surface area (TPSA) is 74.2 Å². The minimum atomic E-state index is 0. The van der Waals surface area contributed by atoms with E-state index in [2.05, 4.69) is 43.5 Å². The van der Waals surface area contributed by atoms with E-state index in [0.717, 1.165) is 49.5 Å². The van der Waals surface area contributed by atoms with Crippen molar-refractivity contribution < 1.29 is 9.47 Å². The normalized spacial score (nSPS) is 14.5. The maximum absolute atomic E-state index is 5.75. The number of hydrogen-bond donors (Lipinski definition) is 2. The van der Waals surface area contributed by atoms with Crippen LogP contribution in [0.25, 0.3) is 0 Å². The van der Waals surface area contributed by atoms with E-state index < -0.39 is 0 Å². The largest absolute Gasteiger partial charge is 0.497 e. The van der Waals surface area contributed by atoms with Gasteiger partial charge in [0.2, 0.25) is 0 Å². The average Bonchev–Trinajstić information content (AvgIpc) is 2.80. The summed E-state index contributed by atoms with van der Waals surface area (Å²) in [7, 11) is 5.58. The molecule has 2 heterocycles. The first-order valence-corrected chi connectivity index (χ1v) is 10.3. The number of hydrogen-bond acceptors (Lipinski definition) is 6. The smallest absolute Gasteiger partial charge is 0.191 e. The molecule has 1 saturated heterocycles. The fourth-order valence-electron chi connectivity index (χ4n) is 3.28. The Morgan fingerprint density at radius 2 is 1.77 bits per heavy atom. The molecule has 1 aliphatic heterocycles. The molecule has 0 unspecified atom stereocenters. The van der Waals surface area contributed by atoms with Gasteiger partial charge in [0.05, 0.1) is 13.7 Å². The van der Waals surface area contributed by atoms with Crippen molar-refractivity contribution in [1.29, 1.82) is 0 Å². The lowest BCUT2D eigenvalue weighted by molar-refractivity contribution is 0.311. The van der Waals surface area contributed by atoms with Crippen molar-refractivity contribution >= 4 is 35.8 Å². The van der Waals surface area contributed by atoms with Crippen molar-refractivity contribution in [3.63, 3.8) is 0 Å². The van der Waals surface area contributed by atoms with Gasteiger partial charge in [-0.1, -0.05) is 6.07 Å². The standard InChI is InChI=1S/C22H32N6O2.HI/c1-23-22(25-11-16-30-20-8-6-19(29-3)7-9-20)26-17-18-5-4-10-24-21(18)28-14-12-27(2)13-15-28;/h4-10H,11-17H2,1-3H3,(H2,23,25,26);1H. The SMILES string of the molecule is CN=C(NCCOc1ccc(OC)cc1)NCc1cccnc1N1CCN(C)CC1.I. The van der Waals surface area contributed by atoms with Crippen LogP contribution in [0.1, 0.15) is 5.56 Å². The van der Waals surface area contributed by atoms with E-state index in [1.54, 1.807) is 14.2 Å². The van der Waals surface area contributed by atoms with E-state index in [-0.39, 0.29) is 24.0 Å². The number of pyridine rings is 1. The van der Waals surface area contributed by atoms with Crippen LogP contribution in [0, 0.1) is 0 Å². The molecule has 9 heteroatoms. The molecule has 0 saturated carbocycles. The first-order valence-electron chi connectivity index (χ1n) is 10.3. The zero-order chi connectivity index (χ0) is 21.2. The van der Waals surface area contributed by atoms with Gasteiger partial charge < -0.3 is 29.9 Å². The summed E-state index contributed by atoms with van der Waals surface area (Å²) >= 11 is 0. The third-order valence-electron chi connectivity index (χ3n) is 5.06. The van der Waals surface area contributed by atoms with Crippen LogP contribution in [0.4, 0.5) is 5.82 Å². The maximum atomic E-state index is 5.75. The van der Waals surface area contributed by atoms with Gasteiger partial charge in [-0.25, -0.2) is 4.98 Å². The van der Waals surface area contributed by atoms with Gasteiger partial charge in [0.1, 0.15) is 23.9 Å². The number of guanidine groups is 1. The van der Waals surface area contributed by atoms with Crippen LogP contribution < -0.4 is 25.0 Å². The number of anilines is 1. The van der Waals surface area contributed by atoms with Gasteiger partial charge in [-0.3, -0.25) is 4.99 Å². The van der Waals surface area contributed by atoms with Crippen molar-refractivity contribution in [3.8, 4) is 11.5 Å². The van der Waals surface area contributed by atoms with Crippen LogP contribution in [-0.4, -0.2) is 76.4 Å². The van der Waals surface area contributed by atoms with Gasteiger partial charge in [-0.15, -0.1) is 24.0 Å². The number of piperazine rings is 1. The molecule has 0 radical (unpaired) electrons. The Kier molecular flexibility index (Phi) is 10.6. The molecule has 0 atom stereocenters. The Balaban J connectivity index is 0.00000341. The molecule has 1 aromatic heterocycles. The van der Waals surface area contributed by atoms with Gasteiger partial charge in [0.25, 0.3) is 0 Å². The molecule has 2 N–H and O–H groups in total. The molecule has 2 aromatic rings. The Morgan fingerprint density at radius 1 is 1.06 bits per heavy atom. The summed E-state index contributed by atoms with van der Waals surface area (Å²) in [5, 5.41) is 6.66. The molecule has 1 fully saturated rings. The second kappa shape index (κ2) is 13.2.